The Morgan fingerprint density at radius 3 is 2.55 bits per heavy atom. The Morgan fingerprint density at radius 2 is 1.83 bits per heavy atom. The molecule has 4 aromatic rings. The van der Waals surface area contributed by atoms with Gasteiger partial charge in [0, 0.05) is 31.2 Å². The fourth-order valence-electron chi connectivity index (χ4n) is 3.30. The fraction of sp³-hybridized carbons (Fsp3) is 0.174. The van der Waals surface area contributed by atoms with Gasteiger partial charge in [-0.05, 0) is 36.2 Å². The first-order valence-corrected chi connectivity index (χ1v) is 9.53. The van der Waals surface area contributed by atoms with E-state index in [2.05, 4.69) is 4.98 Å². The molecule has 0 atom stereocenters. The Balaban J connectivity index is 1.70. The van der Waals surface area contributed by atoms with Gasteiger partial charge in [0.05, 0.1) is 5.69 Å². The van der Waals surface area contributed by atoms with E-state index in [-0.39, 0.29) is 5.91 Å². The van der Waals surface area contributed by atoms with Gasteiger partial charge in [0.25, 0.3) is 5.91 Å². The van der Waals surface area contributed by atoms with Gasteiger partial charge in [-0.3, -0.25) is 19.1 Å². The van der Waals surface area contributed by atoms with Crippen LogP contribution in [0.3, 0.4) is 0 Å². The van der Waals surface area contributed by atoms with Crippen LogP contribution >= 0.6 is 0 Å². The molecule has 0 N–H and O–H groups in total. The number of rotatable bonds is 6. The van der Waals surface area contributed by atoms with Gasteiger partial charge in [-0.25, -0.2) is 4.98 Å². The van der Waals surface area contributed by atoms with Crippen LogP contribution in [-0.4, -0.2) is 27.3 Å². The van der Waals surface area contributed by atoms with Crippen molar-refractivity contribution in [1.82, 2.24) is 14.4 Å². The van der Waals surface area contributed by atoms with Crippen molar-refractivity contribution in [2.45, 2.75) is 20.0 Å². The van der Waals surface area contributed by atoms with Crippen molar-refractivity contribution in [2.75, 3.05) is 11.9 Å². The zero-order valence-corrected chi connectivity index (χ0v) is 16.4. The molecular formula is C23H22N4O2. The Morgan fingerprint density at radius 1 is 1.07 bits per heavy atom. The number of benzene rings is 1. The van der Waals surface area contributed by atoms with Crippen molar-refractivity contribution in [3.8, 4) is 5.75 Å². The minimum atomic E-state index is -0.112. The van der Waals surface area contributed by atoms with Gasteiger partial charge in [-0.2, -0.15) is 0 Å². The average molecular weight is 386 g/mol. The van der Waals surface area contributed by atoms with Crippen LogP contribution in [0.1, 0.15) is 28.5 Å². The number of hydrogen-bond donors (Lipinski definition) is 0. The van der Waals surface area contributed by atoms with Crippen LogP contribution in [0.2, 0.25) is 0 Å². The summed E-state index contributed by atoms with van der Waals surface area (Å²) in [5.74, 6) is 1.32. The van der Waals surface area contributed by atoms with E-state index < -0.39 is 0 Å². The lowest BCUT2D eigenvalue weighted by atomic mass is 10.2. The van der Waals surface area contributed by atoms with Crippen LogP contribution in [0, 0.1) is 0 Å². The molecule has 6 heteroatoms. The summed E-state index contributed by atoms with van der Waals surface area (Å²) >= 11 is 0. The number of aryl methyl sites for hydroxylation is 1. The summed E-state index contributed by atoms with van der Waals surface area (Å²) in [7, 11) is 1.77. The Kier molecular flexibility index (Phi) is 5.24. The second kappa shape index (κ2) is 8.14. The van der Waals surface area contributed by atoms with Crippen molar-refractivity contribution < 1.29 is 9.53 Å². The highest BCUT2D eigenvalue weighted by Crippen LogP contribution is 2.29. The number of nitrogens with zero attached hydrogens (tertiary/aromatic N) is 4. The molecule has 0 radical (unpaired) electrons. The van der Waals surface area contributed by atoms with Gasteiger partial charge in [0.15, 0.2) is 11.4 Å². The molecule has 0 aliphatic rings. The minimum absolute atomic E-state index is 0.112. The molecule has 4 rings (SSSR count). The van der Waals surface area contributed by atoms with E-state index in [0.29, 0.717) is 30.0 Å². The number of amides is 1. The smallest absolute Gasteiger partial charge is 0.259 e. The maximum absolute atomic E-state index is 13.0. The predicted octanol–water partition coefficient (Wildman–Crippen LogP) is 4.15. The molecule has 0 bridgehead atoms. The highest BCUT2D eigenvalue weighted by molar-refractivity contribution is 6.05. The monoisotopic (exact) mass is 386 g/mol. The topological polar surface area (TPSA) is 59.7 Å². The van der Waals surface area contributed by atoms with E-state index in [0.717, 1.165) is 17.1 Å². The second-order valence-electron chi connectivity index (χ2n) is 6.68. The number of ether oxygens (including phenoxy) is 1. The van der Waals surface area contributed by atoms with Gasteiger partial charge < -0.3 is 4.74 Å². The lowest BCUT2D eigenvalue weighted by Gasteiger charge is -2.18. The first-order valence-electron chi connectivity index (χ1n) is 9.53. The third-order valence-corrected chi connectivity index (χ3v) is 4.78. The minimum Gasteiger partial charge on any atom is -0.485 e. The summed E-state index contributed by atoms with van der Waals surface area (Å²) in [5, 5.41) is 0. The van der Waals surface area contributed by atoms with E-state index in [1.807, 2.05) is 60.0 Å². The molecule has 1 aromatic carbocycles. The number of fused-ring (bicyclic) bond motifs is 1. The van der Waals surface area contributed by atoms with Gasteiger partial charge in [-0.15, -0.1) is 0 Å². The van der Waals surface area contributed by atoms with Crippen molar-refractivity contribution in [3.05, 3.63) is 90.0 Å². The summed E-state index contributed by atoms with van der Waals surface area (Å²) in [4.78, 5) is 23.4. The van der Waals surface area contributed by atoms with Crippen molar-refractivity contribution in [2.24, 2.45) is 0 Å². The van der Waals surface area contributed by atoms with Gasteiger partial charge in [-0.1, -0.05) is 37.3 Å². The quantitative estimate of drug-likeness (QED) is 0.500. The molecule has 0 saturated carbocycles. The number of carbonyl (C=O) groups excluding carboxylic acids is 1. The lowest BCUT2D eigenvalue weighted by Crippen LogP contribution is -2.28. The molecule has 146 valence electrons. The van der Waals surface area contributed by atoms with Crippen LogP contribution in [0.25, 0.3) is 5.65 Å². The molecule has 0 fully saturated rings. The largest absolute Gasteiger partial charge is 0.485 e. The van der Waals surface area contributed by atoms with E-state index in [1.165, 1.54) is 0 Å². The number of anilines is 1. The van der Waals surface area contributed by atoms with Gasteiger partial charge in [0.1, 0.15) is 12.4 Å². The molecule has 0 unspecified atom stereocenters. The summed E-state index contributed by atoms with van der Waals surface area (Å²) in [6.07, 6.45) is 5.84. The lowest BCUT2D eigenvalue weighted by molar-refractivity contribution is 0.0992. The van der Waals surface area contributed by atoms with Gasteiger partial charge in [0.2, 0.25) is 0 Å². The second-order valence-corrected chi connectivity index (χ2v) is 6.68. The zero-order valence-electron chi connectivity index (χ0n) is 16.4. The Labute approximate surface area is 169 Å². The van der Waals surface area contributed by atoms with Crippen LogP contribution in [-0.2, 0) is 13.0 Å². The van der Waals surface area contributed by atoms with E-state index in [9.17, 15) is 4.79 Å². The summed E-state index contributed by atoms with van der Waals surface area (Å²) in [6, 6.07) is 17.2. The number of hydrogen-bond acceptors (Lipinski definition) is 4. The maximum atomic E-state index is 13.0. The molecule has 1 amide bonds. The molecule has 6 nitrogen and oxygen atoms in total. The molecule has 0 aliphatic heterocycles. The first kappa shape index (κ1) is 18.7. The molecule has 3 aromatic heterocycles. The van der Waals surface area contributed by atoms with E-state index in [4.69, 9.17) is 9.72 Å². The standard InChI is InChI=1S/C23H22N4O2/c1-3-19-22(26(2)23(28)18-11-13-24-14-12-18)27-15-7-10-20(21(27)25-19)29-16-17-8-5-4-6-9-17/h4-15H,3,16H2,1-2H3. The number of pyridine rings is 2. The Bertz CT molecular complexity index is 1120. The molecule has 0 aliphatic carbocycles. The third kappa shape index (κ3) is 3.69. The summed E-state index contributed by atoms with van der Waals surface area (Å²) in [6.45, 7) is 2.48. The fourth-order valence-corrected chi connectivity index (χ4v) is 3.30. The van der Waals surface area contributed by atoms with E-state index in [1.54, 1.807) is 36.5 Å². The van der Waals surface area contributed by atoms with Crippen LogP contribution < -0.4 is 9.64 Å². The maximum Gasteiger partial charge on any atom is 0.259 e. The van der Waals surface area contributed by atoms with E-state index >= 15 is 0 Å². The third-order valence-electron chi connectivity index (χ3n) is 4.78. The van der Waals surface area contributed by atoms with Crippen molar-refractivity contribution in [3.63, 3.8) is 0 Å². The number of imidazole rings is 1. The van der Waals surface area contributed by atoms with Crippen molar-refractivity contribution in [1.29, 1.82) is 0 Å². The normalized spacial score (nSPS) is 10.8. The SMILES string of the molecule is CCc1nc2c(OCc3ccccc3)cccn2c1N(C)C(=O)c1ccncc1. The van der Waals surface area contributed by atoms with Crippen LogP contribution in [0.5, 0.6) is 5.75 Å². The molecule has 0 saturated heterocycles. The highest BCUT2D eigenvalue weighted by atomic mass is 16.5. The number of aromatic nitrogens is 3. The van der Waals surface area contributed by atoms with Crippen LogP contribution in [0.15, 0.2) is 73.2 Å². The molecule has 3 heterocycles. The first-order chi connectivity index (χ1) is 14.2. The number of carbonyl (C=O) groups is 1. The Hall–Kier alpha value is -3.67. The average Bonchev–Trinajstić information content (AvgIpc) is 3.17. The predicted molar refractivity (Wildman–Crippen MR) is 112 cm³/mol. The molecule has 29 heavy (non-hydrogen) atoms. The summed E-state index contributed by atoms with van der Waals surface area (Å²) < 4.78 is 7.96. The zero-order chi connectivity index (χ0) is 20.2. The van der Waals surface area contributed by atoms with Crippen molar-refractivity contribution >= 4 is 17.4 Å². The molecular weight excluding hydrogens is 364 g/mol. The van der Waals surface area contributed by atoms with Gasteiger partial charge >= 0.3 is 0 Å². The highest BCUT2D eigenvalue weighted by Gasteiger charge is 2.22. The molecule has 0 spiro atoms. The van der Waals surface area contributed by atoms with Crippen LogP contribution in [0.4, 0.5) is 5.82 Å². The summed E-state index contributed by atoms with van der Waals surface area (Å²) in [5.41, 5.74) is 3.20.